The van der Waals surface area contributed by atoms with Gasteiger partial charge in [-0.25, -0.2) is 4.79 Å². The minimum atomic E-state index is -0.335. The van der Waals surface area contributed by atoms with E-state index in [-0.39, 0.29) is 14.9 Å². The Morgan fingerprint density at radius 1 is 1.10 bits per heavy atom. The van der Waals surface area contributed by atoms with Gasteiger partial charge in [-0.2, -0.15) is 0 Å². The van der Waals surface area contributed by atoms with Gasteiger partial charge in [-0.15, -0.1) is 0 Å². The Hall–Kier alpha value is -3.39. The van der Waals surface area contributed by atoms with E-state index in [1.807, 2.05) is 30.3 Å². The predicted molar refractivity (Wildman–Crippen MR) is 182 cm³/mol. The number of rotatable bonds is 7. The van der Waals surface area contributed by atoms with Crippen molar-refractivity contribution in [3.05, 3.63) is 82.7 Å². The van der Waals surface area contributed by atoms with Gasteiger partial charge < -0.3 is 19.9 Å². The molecule has 218 valence electrons. The zero-order chi connectivity index (χ0) is 30.4. The molecule has 0 bridgehead atoms. The lowest BCUT2D eigenvalue weighted by Crippen LogP contribution is -2.31. The summed E-state index contributed by atoms with van der Waals surface area (Å²) in [7, 11) is 0. The average Bonchev–Trinajstić information content (AvgIpc) is 2.89. The van der Waals surface area contributed by atoms with E-state index in [4.69, 9.17) is 14.6 Å². The van der Waals surface area contributed by atoms with Crippen molar-refractivity contribution in [2.75, 3.05) is 11.9 Å². The molecule has 0 saturated carbocycles. The van der Waals surface area contributed by atoms with E-state index in [9.17, 15) is 4.79 Å². The molecule has 0 amide bonds. The Kier molecular flexibility index (Phi) is 8.14. The lowest BCUT2D eigenvalue weighted by Gasteiger charge is -2.32. The third-order valence-corrected chi connectivity index (χ3v) is 7.90. The second-order valence-corrected chi connectivity index (χ2v) is 15.1. The van der Waals surface area contributed by atoms with Crippen LogP contribution in [0.1, 0.15) is 82.8 Å². The van der Waals surface area contributed by atoms with E-state index >= 15 is 0 Å². The van der Waals surface area contributed by atoms with Crippen molar-refractivity contribution in [3.63, 3.8) is 0 Å². The van der Waals surface area contributed by atoms with Crippen LogP contribution in [0, 0.1) is 5.41 Å². The van der Waals surface area contributed by atoms with Crippen LogP contribution in [0.2, 0.25) is 0 Å². The maximum atomic E-state index is 13.4. The zero-order valence-electron chi connectivity index (χ0n) is 25.5. The Bertz CT molecular complexity index is 1790. The summed E-state index contributed by atoms with van der Waals surface area (Å²) in [4.78, 5) is 13.4. The lowest BCUT2D eigenvalue weighted by molar-refractivity contribution is 0.0500. The van der Waals surface area contributed by atoms with Crippen LogP contribution in [-0.2, 0) is 4.74 Å². The number of ether oxygens (including phenoxy) is 1. The molecular formula is C36H39IN2O3. The molecule has 0 atom stereocenters. The number of benzene rings is 3. The first-order valence-corrected chi connectivity index (χ1v) is 15.6. The van der Waals surface area contributed by atoms with E-state index in [1.54, 1.807) is 6.07 Å². The van der Waals surface area contributed by atoms with Gasteiger partial charge in [0.05, 0.1) is 23.1 Å². The van der Waals surface area contributed by atoms with Crippen LogP contribution in [0.25, 0.3) is 44.6 Å². The SMILES string of the molecule is CCCCOC(=O)c1ccccc1-c1c2cc(/C(C)=C\C(C)(C)I)c(=N)cc-2oc2cc3c(cc12)C(C)=CC(C)(C)N3. The average molecular weight is 675 g/mol. The third kappa shape index (κ3) is 6.05. The number of fused-ring (bicyclic) bond motifs is 3. The van der Waals surface area contributed by atoms with Gasteiger partial charge in [-0.3, -0.25) is 0 Å². The number of halogens is 1. The number of hydrogen-bond acceptors (Lipinski definition) is 5. The number of anilines is 1. The monoisotopic (exact) mass is 674 g/mol. The van der Waals surface area contributed by atoms with Crippen molar-refractivity contribution in [2.45, 2.75) is 70.3 Å². The molecule has 42 heavy (non-hydrogen) atoms. The van der Waals surface area contributed by atoms with Crippen LogP contribution in [-0.4, -0.2) is 21.5 Å². The Balaban J connectivity index is 1.87. The molecule has 2 aromatic carbocycles. The first-order chi connectivity index (χ1) is 19.8. The highest BCUT2D eigenvalue weighted by Gasteiger charge is 2.27. The van der Waals surface area contributed by atoms with E-state index in [1.165, 1.54) is 5.57 Å². The number of hydrogen-bond donors (Lipinski definition) is 2. The molecule has 2 aromatic rings. The summed E-state index contributed by atoms with van der Waals surface area (Å²) in [6.45, 7) is 15.2. The number of alkyl halides is 1. The fraction of sp³-hybridized carbons (Fsp3) is 0.333. The molecule has 0 spiro atoms. The number of unbranched alkanes of at least 4 members (excludes halogenated alkanes) is 1. The van der Waals surface area contributed by atoms with Crippen LogP contribution in [0.4, 0.5) is 5.69 Å². The van der Waals surface area contributed by atoms with Crippen LogP contribution in [0.5, 0.6) is 0 Å². The van der Waals surface area contributed by atoms with Gasteiger partial charge in [0.15, 0.2) is 0 Å². The molecule has 2 aliphatic heterocycles. The van der Waals surface area contributed by atoms with E-state index < -0.39 is 0 Å². The van der Waals surface area contributed by atoms with Gasteiger partial charge in [0.25, 0.3) is 0 Å². The topological polar surface area (TPSA) is 75.3 Å². The largest absolute Gasteiger partial charge is 0.462 e. The summed E-state index contributed by atoms with van der Waals surface area (Å²) in [5, 5.41) is 13.8. The van der Waals surface area contributed by atoms with Gasteiger partial charge in [-0.05, 0) is 82.9 Å². The summed E-state index contributed by atoms with van der Waals surface area (Å²) in [6, 6.07) is 15.7. The van der Waals surface area contributed by atoms with Gasteiger partial charge >= 0.3 is 5.97 Å². The molecule has 5 nitrogen and oxygen atoms in total. The van der Waals surface area contributed by atoms with Crippen molar-refractivity contribution >= 4 is 56.4 Å². The second kappa shape index (κ2) is 11.4. The van der Waals surface area contributed by atoms with Crippen molar-refractivity contribution in [3.8, 4) is 22.5 Å². The molecule has 5 rings (SSSR count). The minimum absolute atomic E-state index is 0.0711. The molecular weight excluding hydrogens is 635 g/mol. The van der Waals surface area contributed by atoms with Crippen molar-refractivity contribution in [1.29, 1.82) is 5.41 Å². The smallest absolute Gasteiger partial charge is 0.338 e. The normalized spacial score (nSPS) is 14.9. The lowest BCUT2D eigenvalue weighted by atomic mass is 9.86. The van der Waals surface area contributed by atoms with Crippen LogP contribution >= 0.6 is 22.6 Å². The van der Waals surface area contributed by atoms with Gasteiger partial charge in [0, 0.05) is 48.9 Å². The maximum Gasteiger partial charge on any atom is 0.338 e. The molecule has 6 heteroatoms. The zero-order valence-corrected chi connectivity index (χ0v) is 27.7. The van der Waals surface area contributed by atoms with Gasteiger partial charge in [0.1, 0.15) is 11.3 Å². The van der Waals surface area contributed by atoms with Crippen LogP contribution in [0.3, 0.4) is 0 Å². The number of allylic oxidation sites excluding steroid dienone is 3. The molecule has 0 unspecified atom stereocenters. The number of nitrogens with one attached hydrogen (secondary N) is 2. The molecule has 2 N–H and O–H groups in total. The molecule has 0 aromatic heterocycles. The molecule has 0 fully saturated rings. The molecule has 0 radical (unpaired) electrons. The van der Waals surface area contributed by atoms with Crippen LogP contribution < -0.4 is 10.7 Å². The highest BCUT2D eigenvalue weighted by atomic mass is 127. The van der Waals surface area contributed by atoms with Crippen LogP contribution in [0.15, 0.2) is 65.1 Å². The Morgan fingerprint density at radius 3 is 2.55 bits per heavy atom. The minimum Gasteiger partial charge on any atom is -0.462 e. The molecule has 1 aliphatic carbocycles. The van der Waals surface area contributed by atoms with Gasteiger partial charge in [0.2, 0.25) is 0 Å². The number of esters is 1. The second-order valence-electron chi connectivity index (χ2n) is 12.4. The number of carbonyl (C=O) groups excluding carboxylic acids is 1. The molecule has 0 saturated heterocycles. The van der Waals surface area contributed by atoms with E-state index in [0.29, 0.717) is 28.9 Å². The quantitative estimate of drug-likeness (QED) is 0.0673. The maximum absolute atomic E-state index is 13.4. The standard InChI is InChI=1S/C36H39IN2O3/c1-8-9-14-41-34(40)24-13-11-10-12-23(24)33-27-15-25(21(2)19-35(4,5)37)29(38)17-31(27)42-32-18-30-26(16-28(32)33)22(3)20-36(6,7)39-30/h10-13,15-20,38-39H,8-9,14H2,1-7H3/b21-19-,38-29?. The summed E-state index contributed by atoms with van der Waals surface area (Å²) in [5.74, 6) is 0.267. The summed E-state index contributed by atoms with van der Waals surface area (Å²) < 4.78 is 12.2. The van der Waals surface area contributed by atoms with Crippen molar-refractivity contribution in [1.82, 2.24) is 0 Å². The summed E-state index contributed by atoms with van der Waals surface area (Å²) >= 11 is 2.41. The Labute approximate surface area is 262 Å². The van der Waals surface area contributed by atoms with E-state index in [2.05, 4.69) is 101 Å². The fourth-order valence-corrected chi connectivity index (χ4v) is 6.36. The van der Waals surface area contributed by atoms with E-state index in [0.717, 1.165) is 57.3 Å². The fourth-order valence-electron chi connectivity index (χ4n) is 5.89. The predicted octanol–water partition coefficient (Wildman–Crippen LogP) is 9.87. The highest BCUT2D eigenvalue weighted by Crippen LogP contribution is 2.45. The summed E-state index contributed by atoms with van der Waals surface area (Å²) in [6.07, 6.45) is 6.19. The molecule has 2 heterocycles. The molecule has 3 aliphatic rings. The first-order valence-electron chi connectivity index (χ1n) is 14.5. The van der Waals surface area contributed by atoms with Crippen molar-refractivity contribution in [2.24, 2.45) is 0 Å². The highest BCUT2D eigenvalue weighted by molar-refractivity contribution is 14.1. The third-order valence-electron chi connectivity index (χ3n) is 7.59. The van der Waals surface area contributed by atoms with Crippen molar-refractivity contribution < 1.29 is 13.9 Å². The Morgan fingerprint density at radius 2 is 1.83 bits per heavy atom. The van der Waals surface area contributed by atoms with Gasteiger partial charge in [-0.1, -0.05) is 66.3 Å². The summed E-state index contributed by atoms with van der Waals surface area (Å²) in [5.41, 5.74) is 8.69. The number of carbonyl (C=O) groups is 1. The first kappa shape index (κ1) is 30.1.